The van der Waals surface area contributed by atoms with Crippen LogP contribution >= 0.6 is 0 Å². The second-order valence-electron chi connectivity index (χ2n) is 9.42. The van der Waals surface area contributed by atoms with E-state index >= 15 is 0 Å². The average molecular weight is 487 g/mol. The third-order valence-corrected chi connectivity index (χ3v) is 8.19. The van der Waals surface area contributed by atoms with Crippen molar-refractivity contribution >= 4 is 15.9 Å². The minimum absolute atomic E-state index is 0.0270. The van der Waals surface area contributed by atoms with Gasteiger partial charge in [0.05, 0.1) is 11.3 Å². The highest BCUT2D eigenvalue weighted by Gasteiger charge is 2.38. The molecule has 1 aliphatic heterocycles. The van der Waals surface area contributed by atoms with Crippen molar-refractivity contribution in [3.05, 3.63) is 65.2 Å². The molecular weight excluding hydrogens is 452 g/mol. The van der Waals surface area contributed by atoms with Crippen molar-refractivity contribution in [2.45, 2.75) is 37.0 Å². The molecule has 0 spiro atoms. The lowest BCUT2D eigenvalue weighted by atomic mass is 9.96. The number of hydrogen-bond donors (Lipinski definition) is 4. The van der Waals surface area contributed by atoms with Crippen molar-refractivity contribution in [1.29, 1.82) is 0 Å². The SMILES string of the molecule is NC(=O)c1ccc(CS(=O)(=O)NCCN2CCC(CNC3CC3c3ccccc3)CC2)cc1O. The number of likely N-dealkylation sites (tertiary alicyclic amines) is 1. The highest BCUT2D eigenvalue weighted by Crippen LogP contribution is 2.40. The zero-order valence-corrected chi connectivity index (χ0v) is 20.1. The van der Waals surface area contributed by atoms with Gasteiger partial charge in [-0.3, -0.25) is 4.79 Å². The van der Waals surface area contributed by atoms with Gasteiger partial charge >= 0.3 is 0 Å². The molecule has 0 radical (unpaired) electrons. The number of aromatic hydroxyl groups is 1. The lowest BCUT2D eigenvalue weighted by Gasteiger charge is -2.32. The molecule has 1 saturated heterocycles. The number of rotatable bonds is 11. The molecule has 1 aliphatic carbocycles. The van der Waals surface area contributed by atoms with Crippen LogP contribution in [0.5, 0.6) is 5.75 Å². The quantitative estimate of drug-likeness (QED) is 0.384. The predicted octanol–water partition coefficient (Wildman–Crippen LogP) is 1.77. The number of nitrogens with one attached hydrogen (secondary N) is 2. The summed E-state index contributed by atoms with van der Waals surface area (Å²) in [4.78, 5) is 13.5. The fraction of sp³-hybridized carbons (Fsp3) is 0.480. The molecule has 2 aromatic carbocycles. The van der Waals surface area contributed by atoms with E-state index < -0.39 is 15.9 Å². The maximum absolute atomic E-state index is 12.4. The first-order chi connectivity index (χ1) is 16.3. The highest BCUT2D eigenvalue weighted by molar-refractivity contribution is 7.88. The standard InChI is InChI=1S/C25H34N4O4S/c26-25(31)21-7-6-19(14-24(21)30)17-34(32,33)28-10-13-29-11-8-18(9-12-29)16-27-23-15-22(23)20-4-2-1-3-5-20/h1-7,14,18,22-23,27-28,30H,8-13,15-17H2,(H2,26,31). The smallest absolute Gasteiger partial charge is 0.252 e. The van der Waals surface area contributed by atoms with Gasteiger partial charge in [-0.15, -0.1) is 0 Å². The summed E-state index contributed by atoms with van der Waals surface area (Å²) in [5, 5.41) is 13.6. The van der Waals surface area contributed by atoms with Crippen LogP contribution in [0, 0.1) is 5.92 Å². The van der Waals surface area contributed by atoms with Crippen molar-refractivity contribution in [2.24, 2.45) is 11.7 Å². The second-order valence-corrected chi connectivity index (χ2v) is 11.2. The predicted molar refractivity (Wildman–Crippen MR) is 132 cm³/mol. The maximum Gasteiger partial charge on any atom is 0.252 e. The number of nitrogens with two attached hydrogens (primary N) is 1. The Hall–Kier alpha value is -2.46. The van der Waals surface area contributed by atoms with E-state index in [1.54, 1.807) is 0 Å². The number of hydrogen-bond acceptors (Lipinski definition) is 6. The van der Waals surface area contributed by atoms with Crippen molar-refractivity contribution in [3.8, 4) is 5.75 Å². The number of primary amides is 1. The van der Waals surface area contributed by atoms with Crippen LogP contribution in [0.3, 0.4) is 0 Å². The third kappa shape index (κ3) is 6.79. The Morgan fingerprint density at radius 2 is 1.85 bits per heavy atom. The van der Waals surface area contributed by atoms with Gasteiger partial charge in [0.15, 0.2) is 0 Å². The molecule has 5 N–H and O–H groups in total. The van der Waals surface area contributed by atoms with Crippen LogP contribution in [0.15, 0.2) is 48.5 Å². The van der Waals surface area contributed by atoms with Crippen LogP contribution in [0.2, 0.25) is 0 Å². The Bertz CT molecular complexity index is 1090. The van der Waals surface area contributed by atoms with Gasteiger partial charge in [0, 0.05) is 25.0 Å². The Morgan fingerprint density at radius 1 is 1.12 bits per heavy atom. The summed E-state index contributed by atoms with van der Waals surface area (Å²) >= 11 is 0. The molecule has 8 nitrogen and oxygen atoms in total. The molecule has 0 aromatic heterocycles. The number of sulfonamides is 1. The van der Waals surface area contributed by atoms with E-state index in [1.807, 2.05) is 0 Å². The Morgan fingerprint density at radius 3 is 2.53 bits per heavy atom. The van der Waals surface area contributed by atoms with Gasteiger partial charge in [-0.05, 0) is 68.1 Å². The topological polar surface area (TPSA) is 125 Å². The molecule has 2 aliphatic rings. The summed E-state index contributed by atoms with van der Waals surface area (Å²) in [7, 11) is -3.55. The number of nitrogens with zero attached hydrogens (tertiary/aromatic N) is 1. The summed E-state index contributed by atoms with van der Waals surface area (Å²) in [6.45, 7) is 4.02. The number of amides is 1. The van der Waals surface area contributed by atoms with Crippen LogP contribution in [-0.4, -0.2) is 63.1 Å². The third-order valence-electron chi connectivity index (χ3n) is 6.83. The summed E-state index contributed by atoms with van der Waals surface area (Å²) in [5.74, 6) is -0.0119. The number of carbonyl (C=O) groups excluding carboxylic acids is 1. The van der Waals surface area contributed by atoms with E-state index in [9.17, 15) is 18.3 Å². The molecule has 2 atom stereocenters. The molecule has 4 rings (SSSR count). The van der Waals surface area contributed by atoms with Gasteiger partial charge in [0.1, 0.15) is 5.75 Å². The fourth-order valence-corrected chi connectivity index (χ4v) is 5.85. The van der Waals surface area contributed by atoms with Crippen LogP contribution in [-0.2, 0) is 15.8 Å². The van der Waals surface area contributed by atoms with E-state index in [4.69, 9.17) is 5.73 Å². The second kappa shape index (κ2) is 10.9. The Balaban J connectivity index is 1.12. The average Bonchev–Trinajstić information content (AvgIpc) is 3.58. The molecule has 2 aromatic rings. The summed E-state index contributed by atoms with van der Waals surface area (Å²) in [6.07, 6.45) is 3.46. The Labute approximate surface area is 201 Å². The molecule has 1 saturated carbocycles. The van der Waals surface area contributed by atoms with Gasteiger partial charge in [0.2, 0.25) is 10.0 Å². The first-order valence-electron chi connectivity index (χ1n) is 11.9. The molecule has 2 fully saturated rings. The maximum atomic E-state index is 12.4. The van der Waals surface area contributed by atoms with Gasteiger partial charge < -0.3 is 21.1 Å². The molecule has 0 bridgehead atoms. The van der Waals surface area contributed by atoms with Crippen LogP contribution < -0.4 is 15.8 Å². The number of benzene rings is 2. The first kappa shape index (κ1) is 24.7. The molecule has 1 heterocycles. The van der Waals surface area contributed by atoms with Gasteiger partial charge in [-0.2, -0.15) is 0 Å². The van der Waals surface area contributed by atoms with Gasteiger partial charge in [0.25, 0.3) is 5.91 Å². The molecule has 2 unspecified atom stereocenters. The van der Waals surface area contributed by atoms with Crippen LogP contribution in [0.4, 0.5) is 0 Å². The number of carbonyl (C=O) groups is 1. The van der Waals surface area contributed by atoms with E-state index in [0.29, 0.717) is 36.5 Å². The van der Waals surface area contributed by atoms with E-state index in [1.165, 1.54) is 30.2 Å². The first-order valence-corrected chi connectivity index (χ1v) is 13.6. The van der Waals surface area contributed by atoms with Crippen molar-refractivity contribution in [3.63, 3.8) is 0 Å². The van der Waals surface area contributed by atoms with Crippen molar-refractivity contribution in [1.82, 2.24) is 14.9 Å². The summed E-state index contributed by atoms with van der Waals surface area (Å²) in [5.41, 5.74) is 6.96. The van der Waals surface area contributed by atoms with Gasteiger partial charge in [-0.25, -0.2) is 13.1 Å². The zero-order chi connectivity index (χ0) is 24.1. The summed E-state index contributed by atoms with van der Waals surface area (Å²) in [6, 6.07) is 15.4. The highest BCUT2D eigenvalue weighted by atomic mass is 32.2. The summed E-state index contributed by atoms with van der Waals surface area (Å²) < 4.78 is 27.4. The molecular formula is C25H34N4O4S. The minimum atomic E-state index is -3.55. The fourth-order valence-electron chi connectivity index (χ4n) is 4.73. The number of phenols is 1. The van der Waals surface area contributed by atoms with Crippen LogP contribution in [0.25, 0.3) is 0 Å². The monoisotopic (exact) mass is 486 g/mol. The zero-order valence-electron chi connectivity index (χ0n) is 19.3. The Kier molecular flexibility index (Phi) is 7.88. The molecule has 1 amide bonds. The number of piperidine rings is 1. The van der Waals surface area contributed by atoms with Crippen LogP contribution in [0.1, 0.15) is 46.7 Å². The van der Waals surface area contributed by atoms with Gasteiger partial charge in [-0.1, -0.05) is 36.4 Å². The van der Waals surface area contributed by atoms with Crippen molar-refractivity contribution < 1.29 is 18.3 Å². The lowest BCUT2D eigenvalue weighted by molar-refractivity contribution is 0.0997. The van der Waals surface area contributed by atoms with E-state index in [0.717, 1.165) is 32.5 Å². The van der Waals surface area contributed by atoms with E-state index in [2.05, 4.69) is 45.3 Å². The largest absolute Gasteiger partial charge is 0.507 e. The lowest BCUT2D eigenvalue weighted by Crippen LogP contribution is -2.41. The molecule has 34 heavy (non-hydrogen) atoms. The molecule has 9 heteroatoms. The molecule has 184 valence electrons. The van der Waals surface area contributed by atoms with Crippen molar-refractivity contribution in [2.75, 3.05) is 32.7 Å². The minimum Gasteiger partial charge on any atom is -0.507 e. The normalized spacial score (nSPS) is 21.4. The van der Waals surface area contributed by atoms with E-state index in [-0.39, 0.29) is 17.1 Å².